The Bertz CT molecular complexity index is 393. The van der Waals surface area contributed by atoms with Crippen LogP contribution in [-0.2, 0) is 0 Å². The van der Waals surface area contributed by atoms with E-state index in [9.17, 15) is 0 Å². The lowest BCUT2D eigenvalue weighted by Gasteiger charge is -2.30. The van der Waals surface area contributed by atoms with E-state index in [1.54, 1.807) is 0 Å². The number of rotatable bonds is 13. The van der Waals surface area contributed by atoms with Crippen LogP contribution in [0.2, 0.25) is 0 Å². The summed E-state index contributed by atoms with van der Waals surface area (Å²) in [6.45, 7) is 13.0. The molecule has 0 fully saturated rings. The minimum Gasteiger partial charge on any atom is -0.123 e. The molecule has 0 aromatic heterocycles. The van der Waals surface area contributed by atoms with Crippen molar-refractivity contribution in [1.82, 2.24) is 0 Å². The molecule has 0 aliphatic carbocycles. The highest BCUT2D eigenvalue weighted by atomic mass is 35.5. The minimum absolute atomic E-state index is 0.0365. The van der Waals surface area contributed by atoms with Crippen molar-refractivity contribution in [3.8, 4) is 0 Å². The molecule has 0 radical (unpaired) electrons. The van der Waals surface area contributed by atoms with Gasteiger partial charge in [0.25, 0.3) is 0 Å². The number of alkyl halides is 6. The van der Waals surface area contributed by atoms with Crippen LogP contribution in [0.5, 0.6) is 0 Å². The molecule has 6 heteroatoms. The van der Waals surface area contributed by atoms with E-state index in [1.165, 1.54) is 0 Å². The van der Waals surface area contributed by atoms with Crippen LogP contribution in [0.25, 0.3) is 0 Å². The summed E-state index contributed by atoms with van der Waals surface area (Å²) in [6.07, 6.45) is 5.55. The average molecular weight is 503 g/mol. The van der Waals surface area contributed by atoms with E-state index in [0.29, 0.717) is 19.3 Å². The quantitative estimate of drug-likeness (QED) is 0.220. The third kappa shape index (κ3) is 14.4. The van der Waals surface area contributed by atoms with Gasteiger partial charge in [0.2, 0.25) is 0 Å². The van der Waals surface area contributed by atoms with E-state index in [2.05, 4.69) is 41.5 Å². The molecule has 6 unspecified atom stereocenters. The highest BCUT2D eigenvalue weighted by Crippen LogP contribution is 2.35. The summed E-state index contributed by atoms with van der Waals surface area (Å²) >= 11 is 38.9. The van der Waals surface area contributed by atoms with E-state index in [4.69, 9.17) is 69.6 Å². The molecule has 0 aliphatic rings. The first-order chi connectivity index (χ1) is 12.2. The summed E-state index contributed by atoms with van der Waals surface area (Å²) in [5, 5.41) is -0.125. The molecule has 6 atom stereocenters. The number of halogens is 6. The molecule has 0 N–H and O–H groups in total. The predicted molar refractivity (Wildman–Crippen MR) is 129 cm³/mol. The topological polar surface area (TPSA) is 0 Å². The fourth-order valence-corrected chi connectivity index (χ4v) is 6.19. The van der Waals surface area contributed by atoms with Crippen LogP contribution < -0.4 is 0 Å². The lowest BCUT2D eigenvalue weighted by Crippen LogP contribution is -2.27. The zero-order chi connectivity index (χ0) is 21.4. The van der Waals surface area contributed by atoms with Gasteiger partial charge in [-0.1, -0.05) is 41.5 Å². The first-order valence-corrected chi connectivity index (χ1v) is 12.6. The molecule has 0 bridgehead atoms. The van der Waals surface area contributed by atoms with Crippen LogP contribution in [0.15, 0.2) is 0 Å². The van der Waals surface area contributed by atoms with Crippen LogP contribution in [0.3, 0.4) is 0 Å². The van der Waals surface area contributed by atoms with Crippen LogP contribution in [0.4, 0.5) is 0 Å². The van der Waals surface area contributed by atoms with Gasteiger partial charge in [-0.2, -0.15) is 0 Å². The summed E-state index contributed by atoms with van der Waals surface area (Å²) in [4.78, 5) is 0. The summed E-state index contributed by atoms with van der Waals surface area (Å²) in [5.74, 6) is 0. The molecule has 0 aromatic rings. The van der Waals surface area contributed by atoms with Crippen molar-refractivity contribution in [2.45, 2.75) is 119 Å². The first-order valence-electron chi connectivity index (χ1n) is 10.0. The average Bonchev–Trinajstić information content (AvgIpc) is 2.43. The third-order valence-electron chi connectivity index (χ3n) is 5.10. The second-order valence-electron chi connectivity index (χ2n) is 9.74. The Balaban J connectivity index is 4.24. The van der Waals surface area contributed by atoms with E-state index in [0.717, 1.165) is 25.7 Å². The predicted octanol–water partition coefficient (Wildman–Crippen LogP) is 9.45. The zero-order valence-corrected chi connectivity index (χ0v) is 22.2. The molecular weight excluding hydrogens is 465 g/mol. The van der Waals surface area contributed by atoms with Gasteiger partial charge >= 0.3 is 0 Å². The van der Waals surface area contributed by atoms with Gasteiger partial charge in [0.15, 0.2) is 0 Å². The van der Waals surface area contributed by atoms with E-state index in [-0.39, 0.29) is 43.1 Å². The molecule has 0 aliphatic heterocycles. The summed E-state index contributed by atoms with van der Waals surface area (Å²) in [7, 11) is 0. The van der Waals surface area contributed by atoms with Gasteiger partial charge in [-0.25, -0.2) is 0 Å². The second-order valence-corrected chi connectivity index (χ2v) is 13.4. The molecule has 0 aromatic carbocycles. The molecule has 0 saturated carbocycles. The van der Waals surface area contributed by atoms with Gasteiger partial charge in [0.1, 0.15) is 0 Å². The lowest BCUT2D eigenvalue weighted by atomic mass is 9.83. The largest absolute Gasteiger partial charge is 0.123 e. The number of hydrogen-bond donors (Lipinski definition) is 0. The normalized spacial score (nSPS) is 20.0. The highest BCUT2D eigenvalue weighted by Gasteiger charge is 2.29. The van der Waals surface area contributed by atoms with Crippen molar-refractivity contribution in [3.05, 3.63) is 0 Å². The molecule has 0 amide bonds. The standard InChI is InChI=1S/C21H38Cl6/c1-7-21(5,6)19(27)12-17(25)10-15(23)8-14(22)9-16(24)11-18(26)13-20(2,3)4/h14-19H,7-13H2,1-6H3. The van der Waals surface area contributed by atoms with Gasteiger partial charge in [-0.15, -0.1) is 69.6 Å². The Morgan fingerprint density at radius 1 is 0.556 bits per heavy atom. The SMILES string of the molecule is CCC(C)(C)C(Cl)CC(Cl)CC(Cl)CC(Cl)CC(Cl)CC(Cl)CC(C)(C)C. The van der Waals surface area contributed by atoms with Crippen molar-refractivity contribution in [1.29, 1.82) is 0 Å². The maximum atomic E-state index is 6.54. The van der Waals surface area contributed by atoms with Gasteiger partial charge in [0.05, 0.1) is 0 Å². The van der Waals surface area contributed by atoms with Gasteiger partial charge in [-0.3, -0.25) is 0 Å². The van der Waals surface area contributed by atoms with Crippen molar-refractivity contribution in [2.24, 2.45) is 10.8 Å². The Hall–Kier alpha value is 1.74. The van der Waals surface area contributed by atoms with Crippen LogP contribution >= 0.6 is 69.6 Å². The summed E-state index contributed by atoms with van der Waals surface area (Å²) in [6, 6.07) is 0. The molecule has 0 rings (SSSR count). The van der Waals surface area contributed by atoms with E-state index < -0.39 is 0 Å². The molecule has 0 heterocycles. The summed E-state index contributed by atoms with van der Waals surface area (Å²) in [5.41, 5.74) is 0.273. The van der Waals surface area contributed by atoms with Crippen molar-refractivity contribution < 1.29 is 0 Å². The Kier molecular flexibility index (Phi) is 14.1. The minimum atomic E-state index is -0.0751. The first kappa shape index (κ1) is 28.7. The van der Waals surface area contributed by atoms with Gasteiger partial charge < -0.3 is 0 Å². The monoisotopic (exact) mass is 500 g/mol. The maximum absolute atomic E-state index is 6.54. The lowest BCUT2D eigenvalue weighted by molar-refractivity contribution is 0.316. The molecule has 164 valence electrons. The number of hydrogen-bond acceptors (Lipinski definition) is 0. The molecule has 0 saturated heterocycles. The van der Waals surface area contributed by atoms with E-state index >= 15 is 0 Å². The third-order valence-corrected chi connectivity index (χ3v) is 7.63. The maximum Gasteiger partial charge on any atom is 0.0401 e. The Morgan fingerprint density at radius 2 is 0.889 bits per heavy atom. The van der Waals surface area contributed by atoms with Crippen molar-refractivity contribution in [3.63, 3.8) is 0 Å². The zero-order valence-electron chi connectivity index (χ0n) is 17.7. The fourth-order valence-electron chi connectivity index (χ4n) is 3.01. The van der Waals surface area contributed by atoms with Crippen molar-refractivity contribution in [2.75, 3.05) is 0 Å². The Morgan fingerprint density at radius 3 is 1.22 bits per heavy atom. The smallest absolute Gasteiger partial charge is 0.0401 e. The van der Waals surface area contributed by atoms with Crippen LogP contribution in [0.1, 0.15) is 86.5 Å². The highest BCUT2D eigenvalue weighted by molar-refractivity contribution is 6.26. The summed E-state index contributed by atoms with van der Waals surface area (Å²) < 4.78 is 0. The van der Waals surface area contributed by atoms with Crippen LogP contribution in [0, 0.1) is 10.8 Å². The van der Waals surface area contributed by atoms with E-state index in [1.807, 2.05) is 0 Å². The molecule has 0 spiro atoms. The van der Waals surface area contributed by atoms with Gasteiger partial charge in [0, 0.05) is 32.3 Å². The molecule has 27 heavy (non-hydrogen) atoms. The van der Waals surface area contributed by atoms with Crippen molar-refractivity contribution >= 4 is 69.6 Å². The fraction of sp³-hybridized carbons (Fsp3) is 1.00. The van der Waals surface area contributed by atoms with Gasteiger partial charge in [-0.05, 0) is 55.8 Å². The second kappa shape index (κ2) is 13.2. The van der Waals surface area contributed by atoms with Crippen LogP contribution in [-0.4, -0.2) is 32.3 Å². The molecular formula is C21H38Cl6. The molecule has 0 nitrogen and oxygen atoms in total. The Labute approximate surface area is 198 Å².